The molecule has 0 N–H and O–H groups in total. The molecule has 0 radical (unpaired) electrons. The largest absolute Gasteiger partial charge is 0.192 e. The molecule has 1 aliphatic rings. The third-order valence-electron chi connectivity index (χ3n) is 15.9. The predicted molar refractivity (Wildman–Crippen MR) is 363 cm³/mol. The molecule has 8 aromatic heterocycles. The summed E-state index contributed by atoms with van der Waals surface area (Å²) in [6.45, 7) is 9.06. The van der Waals surface area contributed by atoms with Gasteiger partial charge in [-0.15, -0.1) is 90.7 Å². The van der Waals surface area contributed by atoms with Gasteiger partial charge in [-0.05, 0) is 144 Å². The zero-order valence-corrected chi connectivity index (χ0v) is 55.1. The van der Waals surface area contributed by atoms with Gasteiger partial charge in [0.15, 0.2) is 0 Å². The third kappa shape index (κ3) is 14.4. The van der Waals surface area contributed by atoms with Gasteiger partial charge >= 0.3 is 0 Å². The van der Waals surface area contributed by atoms with Crippen LogP contribution in [-0.2, 0) is 0 Å². The Morgan fingerprint density at radius 2 is 0.593 bits per heavy atom. The van der Waals surface area contributed by atoms with Crippen LogP contribution in [0.1, 0.15) is 179 Å². The molecule has 0 amide bonds. The highest BCUT2D eigenvalue weighted by molar-refractivity contribution is 7.35. The molecule has 0 aromatic carbocycles. The zero-order chi connectivity index (χ0) is 56.6. The lowest BCUT2D eigenvalue weighted by molar-refractivity contribution is 0.616. The molecule has 0 unspecified atom stereocenters. The van der Waals surface area contributed by atoms with E-state index in [2.05, 4.69) is 160 Å². The maximum Gasteiger partial charge on any atom is 0.134 e. The van der Waals surface area contributed by atoms with Crippen molar-refractivity contribution in [3.05, 3.63) is 106 Å². The van der Waals surface area contributed by atoms with E-state index in [-0.39, 0.29) is 11.1 Å². The summed E-state index contributed by atoms with van der Waals surface area (Å²) in [5.41, 5.74) is 2.29. The lowest BCUT2D eigenvalue weighted by Crippen LogP contribution is -2.54. The first kappa shape index (κ1) is 60.8. The number of nitrogens with zero attached hydrogens (tertiary/aromatic N) is 4. The Bertz CT molecular complexity index is 3330. The molecule has 0 aliphatic carbocycles. The molecule has 9 rings (SSSR count). The number of hydrogen-bond donors (Lipinski definition) is 0. The summed E-state index contributed by atoms with van der Waals surface area (Å²) < 4.78 is 0. The summed E-state index contributed by atoms with van der Waals surface area (Å²) >= 11 is 15.1. The van der Waals surface area contributed by atoms with E-state index in [0.717, 1.165) is 72.3 Å². The summed E-state index contributed by atoms with van der Waals surface area (Å²) in [5, 5.41) is 42.9. The number of fused-ring (bicyclic) bond motifs is 3. The molecule has 9 heterocycles. The SMILES string of the molecule is CCCCCCCC[Si]1(CCCCCCCC)c2cc(-c3ccc(-c4ccc(-c5ccc(C(CCCCCC)=C(C#N)C#N)s5)s4)s3)sc2-c2sc(-c3ccc(-c4ccc(-c5ccc(C(CCCCCC)=C(C#N)C#N)s5)s4)s3)cc21. The number of hydrogen-bond acceptors (Lipinski definition) is 12. The van der Waals surface area contributed by atoms with Crippen molar-refractivity contribution in [3.63, 3.8) is 0 Å². The Kier molecular flexibility index (Phi) is 22.7. The third-order valence-corrected chi connectivity index (χ3v) is 31.8. The van der Waals surface area contributed by atoms with E-state index in [1.54, 1.807) is 42.8 Å². The van der Waals surface area contributed by atoms with Crippen LogP contribution in [0.25, 0.3) is 79.4 Å². The van der Waals surface area contributed by atoms with E-state index in [9.17, 15) is 21.0 Å². The highest BCUT2D eigenvalue weighted by atomic mass is 32.1. The number of rotatable bonds is 32. The molecule has 1 aliphatic heterocycles. The topological polar surface area (TPSA) is 95.2 Å². The Hall–Kier alpha value is -4.74. The van der Waals surface area contributed by atoms with Gasteiger partial charge in [0.1, 0.15) is 43.5 Å². The Labute approximate surface area is 516 Å². The van der Waals surface area contributed by atoms with Crippen molar-refractivity contribution in [3.8, 4) is 92.6 Å². The molecule has 418 valence electrons. The molecule has 81 heavy (non-hydrogen) atoms. The van der Waals surface area contributed by atoms with Crippen molar-refractivity contribution >= 4 is 120 Å². The van der Waals surface area contributed by atoms with Crippen LogP contribution in [0.4, 0.5) is 0 Å². The van der Waals surface area contributed by atoms with Gasteiger partial charge in [0.25, 0.3) is 0 Å². The Balaban J connectivity index is 1.00. The molecule has 8 aromatic rings. The van der Waals surface area contributed by atoms with Gasteiger partial charge in [0.05, 0.1) is 0 Å². The second-order valence-corrected chi connectivity index (χ2v) is 34.4. The minimum absolute atomic E-state index is 0.247. The van der Waals surface area contributed by atoms with Gasteiger partial charge in [-0.3, -0.25) is 0 Å². The van der Waals surface area contributed by atoms with Crippen LogP contribution in [0.15, 0.2) is 96.1 Å². The van der Waals surface area contributed by atoms with Gasteiger partial charge in [0, 0.05) is 78.0 Å². The van der Waals surface area contributed by atoms with Crippen LogP contribution < -0.4 is 10.4 Å². The maximum absolute atomic E-state index is 9.86. The zero-order valence-electron chi connectivity index (χ0n) is 47.6. The Morgan fingerprint density at radius 1 is 0.321 bits per heavy atom. The summed E-state index contributed by atoms with van der Waals surface area (Å²) in [6.07, 6.45) is 26.2. The van der Waals surface area contributed by atoms with E-state index in [1.807, 2.05) is 45.3 Å². The quantitative estimate of drug-likeness (QED) is 0.0238. The Morgan fingerprint density at radius 3 is 0.914 bits per heavy atom. The number of allylic oxidation sites excluding steroid dienone is 4. The van der Waals surface area contributed by atoms with Gasteiger partial charge in [0.2, 0.25) is 0 Å². The van der Waals surface area contributed by atoms with Crippen LogP contribution in [0.3, 0.4) is 0 Å². The van der Waals surface area contributed by atoms with Crippen LogP contribution in [-0.4, -0.2) is 8.07 Å². The normalized spacial score (nSPS) is 12.2. The van der Waals surface area contributed by atoms with Crippen LogP contribution in [0.2, 0.25) is 12.1 Å². The van der Waals surface area contributed by atoms with Gasteiger partial charge < -0.3 is 0 Å². The fourth-order valence-corrected chi connectivity index (χ4v) is 27.6. The van der Waals surface area contributed by atoms with E-state index in [4.69, 9.17) is 0 Å². The molecule has 0 bridgehead atoms. The van der Waals surface area contributed by atoms with Gasteiger partial charge in [-0.25, -0.2) is 0 Å². The summed E-state index contributed by atoms with van der Waals surface area (Å²) in [4.78, 5) is 20.7. The minimum atomic E-state index is -2.12. The molecule has 0 fully saturated rings. The summed E-state index contributed by atoms with van der Waals surface area (Å²) in [7, 11) is -2.12. The van der Waals surface area contributed by atoms with Crippen molar-refractivity contribution in [2.75, 3.05) is 0 Å². The fraction of sp³-hybridized carbons (Fsp3) is 0.412. The molecular formula is C68H74N4S8Si. The number of unbranched alkanes of at least 4 members (excludes halogenated alkanes) is 16. The minimum Gasteiger partial charge on any atom is -0.192 e. The molecule has 0 atom stereocenters. The van der Waals surface area contributed by atoms with Crippen LogP contribution >= 0.6 is 90.7 Å². The van der Waals surface area contributed by atoms with E-state index >= 15 is 0 Å². The lowest BCUT2D eigenvalue weighted by Gasteiger charge is -2.29. The van der Waals surface area contributed by atoms with Crippen molar-refractivity contribution in [2.45, 2.75) is 181 Å². The monoisotopic (exact) mass is 1230 g/mol. The summed E-state index contributed by atoms with van der Waals surface area (Å²) in [6, 6.07) is 43.9. The van der Waals surface area contributed by atoms with Crippen molar-refractivity contribution < 1.29 is 0 Å². The lowest BCUT2D eigenvalue weighted by atomic mass is 10.0. The first-order chi connectivity index (χ1) is 39.8. The molecule has 0 saturated heterocycles. The predicted octanol–water partition coefficient (Wildman–Crippen LogP) is 24.0. The first-order valence-electron chi connectivity index (χ1n) is 29.8. The fourth-order valence-electron chi connectivity index (χ4n) is 11.5. The molecular weight excluding hydrogens is 1160 g/mol. The number of nitriles is 4. The molecule has 13 heteroatoms. The van der Waals surface area contributed by atoms with Crippen molar-refractivity contribution in [1.82, 2.24) is 0 Å². The second-order valence-electron chi connectivity index (χ2n) is 21.6. The summed E-state index contributed by atoms with van der Waals surface area (Å²) in [5.74, 6) is 0. The van der Waals surface area contributed by atoms with Gasteiger partial charge in [-0.2, -0.15) is 21.0 Å². The van der Waals surface area contributed by atoms with E-state index in [0.29, 0.717) is 0 Å². The standard InChI is InChI=1S/C68H74N4S8Si/c1-5-9-13-17-19-23-39-81(40-24-20-18-14-10-6-2)65-41-63(61-37-35-59(77-61)57-33-31-55(75-57)53-29-27-51(73-53)49(47(43-69)44-70)25-21-15-11-7-3)79-67(65)68-66(81)42-64(80-68)62-38-36-60(78-62)58-34-32-56(76-58)54-30-28-52(74-54)50(48(45-71)46-72)26-22-16-12-8-4/h27-38,41-42H,5-26,39-40H2,1-4H3. The maximum atomic E-state index is 9.86. The van der Waals surface area contributed by atoms with Crippen LogP contribution in [0.5, 0.6) is 0 Å². The average molecular weight is 1230 g/mol. The highest BCUT2D eigenvalue weighted by Crippen LogP contribution is 2.51. The average Bonchev–Trinajstić information content (AvgIpc) is 3.77. The molecule has 0 saturated carbocycles. The highest BCUT2D eigenvalue weighted by Gasteiger charge is 2.47. The smallest absolute Gasteiger partial charge is 0.134 e. The first-order valence-corrected chi connectivity index (χ1v) is 38.7. The van der Waals surface area contributed by atoms with Crippen LogP contribution in [0, 0.1) is 45.3 Å². The van der Waals surface area contributed by atoms with Gasteiger partial charge in [-0.1, -0.05) is 143 Å². The number of thiophene rings is 8. The molecule has 4 nitrogen and oxygen atoms in total. The van der Waals surface area contributed by atoms with Crippen molar-refractivity contribution in [2.24, 2.45) is 0 Å². The van der Waals surface area contributed by atoms with Crippen molar-refractivity contribution in [1.29, 1.82) is 21.0 Å². The van der Waals surface area contributed by atoms with E-state index in [1.165, 1.54) is 161 Å². The molecule has 0 spiro atoms. The second kappa shape index (κ2) is 30.2. The van der Waals surface area contributed by atoms with E-state index < -0.39 is 8.07 Å².